The van der Waals surface area contributed by atoms with Gasteiger partial charge in [0.15, 0.2) is 0 Å². The van der Waals surface area contributed by atoms with Gasteiger partial charge in [0, 0.05) is 25.4 Å². The maximum absolute atomic E-state index is 8.91. The molecule has 1 aromatic rings. The first-order valence-electron chi connectivity index (χ1n) is 4.43. The van der Waals surface area contributed by atoms with Crippen LogP contribution in [0, 0.1) is 18.3 Å². The summed E-state index contributed by atoms with van der Waals surface area (Å²) in [5.74, 6) is 0. The van der Waals surface area contributed by atoms with Gasteiger partial charge in [-0.3, -0.25) is 10.00 Å². The van der Waals surface area contributed by atoms with E-state index in [0.717, 1.165) is 11.3 Å². The first-order chi connectivity index (χ1) is 6.69. The number of aryl methyl sites for hydroxylation is 2. The van der Waals surface area contributed by atoms with Gasteiger partial charge in [-0.15, -0.1) is 0 Å². The molecule has 1 unspecified atom stereocenters. The molecule has 0 aliphatic heterocycles. The molecule has 0 fully saturated rings. The van der Waals surface area contributed by atoms with Crippen molar-refractivity contribution in [2.45, 2.75) is 13.0 Å². The molecule has 5 heteroatoms. The zero-order chi connectivity index (χ0) is 10.6. The fourth-order valence-electron chi connectivity index (χ4n) is 1.34. The lowest BCUT2D eigenvalue weighted by atomic mass is 10.1. The highest BCUT2D eigenvalue weighted by Crippen LogP contribution is 2.14. The highest BCUT2D eigenvalue weighted by atomic mass is 16.3. The van der Waals surface area contributed by atoms with Gasteiger partial charge >= 0.3 is 0 Å². The Labute approximate surface area is 83.0 Å². The zero-order valence-corrected chi connectivity index (χ0v) is 8.36. The maximum Gasteiger partial charge on any atom is 0.124 e. The van der Waals surface area contributed by atoms with Crippen LogP contribution in [-0.2, 0) is 7.05 Å². The third kappa shape index (κ3) is 2.31. The van der Waals surface area contributed by atoms with E-state index in [1.807, 2.05) is 20.2 Å². The maximum atomic E-state index is 8.91. The summed E-state index contributed by atoms with van der Waals surface area (Å²) in [6.07, 6.45) is 1.81. The number of nitrogens with zero attached hydrogens (tertiary/aromatic N) is 3. The second-order valence-corrected chi connectivity index (χ2v) is 3.08. The van der Waals surface area contributed by atoms with Crippen molar-refractivity contribution in [3.05, 3.63) is 17.5 Å². The summed E-state index contributed by atoms with van der Waals surface area (Å²) in [6.45, 7) is 2.30. The van der Waals surface area contributed by atoms with Gasteiger partial charge in [-0.05, 0) is 6.92 Å². The fraction of sp³-hybridized carbons (Fsp3) is 0.556. The topological polar surface area (TPSA) is 73.9 Å². The highest BCUT2D eigenvalue weighted by molar-refractivity contribution is 5.25. The molecule has 0 bridgehead atoms. The Morgan fingerprint density at radius 3 is 2.93 bits per heavy atom. The normalized spacial score (nSPS) is 12.4. The Morgan fingerprint density at radius 1 is 1.79 bits per heavy atom. The number of hydrogen-bond donors (Lipinski definition) is 2. The number of rotatable bonds is 4. The first kappa shape index (κ1) is 10.7. The third-order valence-corrected chi connectivity index (χ3v) is 1.95. The van der Waals surface area contributed by atoms with E-state index in [1.54, 1.807) is 4.68 Å². The molecule has 14 heavy (non-hydrogen) atoms. The van der Waals surface area contributed by atoms with Crippen LogP contribution in [0.3, 0.4) is 0 Å². The summed E-state index contributed by atoms with van der Waals surface area (Å²) in [5.41, 5.74) is 1.70. The molecule has 0 aliphatic rings. The Morgan fingerprint density at radius 2 is 2.50 bits per heavy atom. The molecule has 76 valence electrons. The number of nitriles is 1. The molecule has 0 saturated heterocycles. The molecule has 1 rings (SSSR count). The van der Waals surface area contributed by atoms with Gasteiger partial charge < -0.3 is 5.11 Å². The lowest BCUT2D eigenvalue weighted by Crippen LogP contribution is -2.23. The fourth-order valence-corrected chi connectivity index (χ4v) is 1.34. The van der Waals surface area contributed by atoms with Crippen molar-refractivity contribution in [2.24, 2.45) is 7.05 Å². The minimum absolute atomic E-state index is 0.0253. The van der Waals surface area contributed by atoms with E-state index in [9.17, 15) is 0 Å². The Bertz CT molecular complexity index is 339. The predicted octanol–water partition coefficient (Wildman–Crippen LogP) is -0.125. The monoisotopic (exact) mass is 194 g/mol. The van der Waals surface area contributed by atoms with Crippen LogP contribution in [0.2, 0.25) is 0 Å². The Hall–Kier alpha value is -1.38. The zero-order valence-electron chi connectivity index (χ0n) is 8.36. The smallest absolute Gasteiger partial charge is 0.124 e. The van der Waals surface area contributed by atoms with E-state index in [4.69, 9.17) is 10.4 Å². The second kappa shape index (κ2) is 4.74. The van der Waals surface area contributed by atoms with Gasteiger partial charge in [-0.2, -0.15) is 10.4 Å². The molecule has 2 N–H and O–H groups in total. The standard InChI is InChI=1S/C9H14N4O/c1-7-8(6-13(2)12-7)9(5-10)11-3-4-14/h6,9,11,14H,3-4H2,1-2H3. The van der Waals surface area contributed by atoms with Crippen molar-refractivity contribution in [3.63, 3.8) is 0 Å². The van der Waals surface area contributed by atoms with Crippen molar-refractivity contribution in [2.75, 3.05) is 13.2 Å². The van der Waals surface area contributed by atoms with Crippen LogP contribution in [0.5, 0.6) is 0 Å². The van der Waals surface area contributed by atoms with Gasteiger partial charge in [-0.25, -0.2) is 0 Å². The minimum Gasteiger partial charge on any atom is -0.395 e. The van der Waals surface area contributed by atoms with Crippen LogP contribution in [0.25, 0.3) is 0 Å². The van der Waals surface area contributed by atoms with Crippen molar-refractivity contribution in [1.29, 1.82) is 5.26 Å². The highest BCUT2D eigenvalue weighted by Gasteiger charge is 2.14. The van der Waals surface area contributed by atoms with Crippen LogP contribution >= 0.6 is 0 Å². The molecule has 1 atom stereocenters. The summed E-state index contributed by atoms with van der Waals surface area (Å²) in [7, 11) is 1.82. The summed E-state index contributed by atoms with van der Waals surface area (Å²) in [4.78, 5) is 0. The van der Waals surface area contributed by atoms with Crippen molar-refractivity contribution >= 4 is 0 Å². The molecule has 1 aromatic heterocycles. The van der Waals surface area contributed by atoms with Crippen molar-refractivity contribution in [3.8, 4) is 6.07 Å². The summed E-state index contributed by atoms with van der Waals surface area (Å²) in [5, 5.41) is 24.6. The number of aliphatic hydroxyl groups is 1. The second-order valence-electron chi connectivity index (χ2n) is 3.08. The molecule has 0 aliphatic carbocycles. The average molecular weight is 194 g/mol. The van der Waals surface area contributed by atoms with Gasteiger partial charge in [0.1, 0.15) is 6.04 Å². The predicted molar refractivity (Wildman–Crippen MR) is 51.4 cm³/mol. The van der Waals surface area contributed by atoms with Crippen molar-refractivity contribution < 1.29 is 5.11 Å². The molecule has 0 amide bonds. The molecule has 0 spiro atoms. The quantitative estimate of drug-likeness (QED) is 0.700. The van der Waals surface area contributed by atoms with Crippen LogP contribution < -0.4 is 5.32 Å². The van der Waals surface area contributed by atoms with Gasteiger partial charge in [0.2, 0.25) is 0 Å². The molecule has 0 radical (unpaired) electrons. The molecular weight excluding hydrogens is 180 g/mol. The Kier molecular flexibility index (Phi) is 3.63. The SMILES string of the molecule is Cc1nn(C)cc1C(C#N)NCCO. The lowest BCUT2D eigenvalue weighted by Gasteiger charge is -2.08. The minimum atomic E-state index is -0.393. The van der Waals surface area contributed by atoms with Gasteiger partial charge in [0.05, 0.1) is 18.4 Å². The van der Waals surface area contributed by atoms with Crippen LogP contribution in [0.15, 0.2) is 6.20 Å². The van der Waals surface area contributed by atoms with E-state index < -0.39 is 6.04 Å². The molecule has 0 aromatic carbocycles. The van der Waals surface area contributed by atoms with E-state index >= 15 is 0 Å². The largest absolute Gasteiger partial charge is 0.395 e. The van der Waals surface area contributed by atoms with Crippen LogP contribution in [0.1, 0.15) is 17.3 Å². The van der Waals surface area contributed by atoms with Gasteiger partial charge in [-0.1, -0.05) is 0 Å². The Balaban J connectivity index is 2.79. The van der Waals surface area contributed by atoms with E-state index in [2.05, 4.69) is 16.5 Å². The van der Waals surface area contributed by atoms with Crippen LogP contribution in [0.4, 0.5) is 0 Å². The van der Waals surface area contributed by atoms with Gasteiger partial charge in [0.25, 0.3) is 0 Å². The third-order valence-electron chi connectivity index (χ3n) is 1.95. The number of hydrogen-bond acceptors (Lipinski definition) is 4. The molecule has 0 saturated carbocycles. The summed E-state index contributed by atoms with van der Waals surface area (Å²) < 4.78 is 1.68. The lowest BCUT2D eigenvalue weighted by molar-refractivity contribution is 0.289. The van der Waals surface area contributed by atoms with E-state index in [1.165, 1.54) is 0 Å². The van der Waals surface area contributed by atoms with E-state index in [0.29, 0.717) is 6.54 Å². The number of aliphatic hydroxyl groups excluding tert-OH is 1. The molecule has 1 heterocycles. The summed E-state index contributed by atoms with van der Waals surface area (Å²) in [6, 6.07) is 1.74. The van der Waals surface area contributed by atoms with E-state index in [-0.39, 0.29) is 6.61 Å². The van der Waals surface area contributed by atoms with Crippen molar-refractivity contribution in [1.82, 2.24) is 15.1 Å². The number of aromatic nitrogens is 2. The number of nitrogens with one attached hydrogen (secondary N) is 1. The molecule has 5 nitrogen and oxygen atoms in total. The van der Waals surface area contributed by atoms with Crippen LogP contribution in [-0.4, -0.2) is 28.0 Å². The summed E-state index contributed by atoms with van der Waals surface area (Å²) >= 11 is 0. The molecular formula is C9H14N4O. The first-order valence-corrected chi connectivity index (χ1v) is 4.43. The average Bonchev–Trinajstić information content (AvgIpc) is 2.47.